The van der Waals surface area contributed by atoms with Crippen LogP contribution in [0.3, 0.4) is 0 Å². The summed E-state index contributed by atoms with van der Waals surface area (Å²) in [6.45, 7) is 3.17. The highest BCUT2D eigenvalue weighted by Crippen LogP contribution is 2.31. The van der Waals surface area contributed by atoms with Gasteiger partial charge in [-0.05, 0) is 44.9 Å². The average Bonchev–Trinajstić information content (AvgIpc) is 3.21. The number of hydrogen-bond acceptors (Lipinski definition) is 3. The topological polar surface area (TPSA) is 49.0 Å². The van der Waals surface area contributed by atoms with Crippen molar-refractivity contribution in [1.82, 2.24) is 14.9 Å². The molecule has 19 heavy (non-hydrogen) atoms. The predicted molar refractivity (Wildman–Crippen MR) is 76.1 cm³/mol. The number of hydrogen-bond donors (Lipinski definition) is 1. The molecule has 0 unspecified atom stereocenters. The predicted octanol–water partition coefficient (Wildman–Crippen LogP) is 2.33. The molecule has 1 aliphatic carbocycles. The van der Waals surface area contributed by atoms with Gasteiger partial charge in [-0.1, -0.05) is 12.1 Å². The summed E-state index contributed by atoms with van der Waals surface area (Å²) in [5, 5.41) is 0.656. The van der Waals surface area contributed by atoms with Crippen LogP contribution >= 0.6 is 0 Å². The zero-order chi connectivity index (χ0) is 13.4. The first-order chi connectivity index (χ1) is 9.15. The summed E-state index contributed by atoms with van der Waals surface area (Å²) >= 11 is 0. The summed E-state index contributed by atoms with van der Waals surface area (Å²) in [6.07, 6.45) is 2.66. The average molecular weight is 257 g/mol. The Balaban J connectivity index is 1.93. The van der Waals surface area contributed by atoms with Crippen LogP contribution in [0, 0.1) is 5.92 Å². The maximum Gasteiger partial charge on any atom is 0.258 e. The number of fused-ring (bicyclic) bond motifs is 1. The van der Waals surface area contributed by atoms with Crippen molar-refractivity contribution in [2.24, 2.45) is 5.92 Å². The van der Waals surface area contributed by atoms with Gasteiger partial charge in [-0.2, -0.15) is 0 Å². The third-order valence-corrected chi connectivity index (χ3v) is 3.93. The maximum absolute atomic E-state index is 12.0. The molecule has 0 aliphatic heterocycles. The molecule has 0 radical (unpaired) electrons. The first kappa shape index (κ1) is 12.4. The Morgan fingerprint density at radius 1 is 1.42 bits per heavy atom. The van der Waals surface area contributed by atoms with E-state index in [1.807, 2.05) is 24.3 Å². The summed E-state index contributed by atoms with van der Waals surface area (Å²) in [4.78, 5) is 21.8. The minimum atomic E-state index is -0.0488. The van der Waals surface area contributed by atoms with Crippen LogP contribution < -0.4 is 5.56 Å². The molecule has 1 atom stereocenters. The summed E-state index contributed by atoms with van der Waals surface area (Å²) < 4.78 is 0. The van der Waals surface area contributed by atoms with Crippen molar-refractivity contribution in [2.45, 2.75) is 25.8 Å². The zero-order valence-electron chi connectivity index (χ0n) is 11.4. The molecule has 1 heterocycles. The molecule has 1 aliphatic rings. The van der Waals surface area contributed by atoms with Crippen molar-refractivity contribution in [2.75, 3.05) is 13.6 Å². The van der Waals surface area contributed by atoms with E-state index in [1.54, 1.807) is 0 Å². The molecule has 0 spiro atoms. The van der Waals surface area contributed by atoms with E-state index in [9.17, 15) is 4.79 Å². The van der Waals surface area contributed by atoms with E-state index >= 15 is 0 Å². The quantitative estimate of drug-likeness (QED) is 0.914. The standard InChI is InChI=1S/C15H19N3O/c1-10(18(2)9-11-7-8-11)14-16-13-6-4-3-5-12(13)15(19)17-14/h3-6,10-11H,7-9H2,1-2H3,(H,16,17,19)/t10-/m1/s1. The van der Waals surface area contributed by atoms with Crippen LogP contribution in [-0.2, 0) is 0 Å². The van der Waals surface area contributed by atoms with E-state index < -0.39 is 0 Å². The second kappa shape index (κ2) is 4.78. The lowest BCUT2D eigenvalue weighted by Crippen LogP contribution is -2.28. The van der Waals surface area contributed by atoms with Crippen LogP contribution in [0.2, 0.25) is 0 Å². The molecule has 1 N–H and O–H groups in total. The highest BCUT2D eigenvalue weighted by atomic mass is 16.1. The van der Waals surface area contributed by atoms with E-state index in [2.05, 4.69) is 28.8 Å². The molecule has 0 bridgehead atoms. The first-order valence-electron chi connectivity index (χ1n) is 6.84. The van der Waals surface area contributed by atoms with Gasteiger partial charge in [0.05, 0.1) is 16.9 Å². The van der Waals surface area contributed by atoms with E-state index in [4.69, 9.17) is 0 Å². The first-order valence-corrected chi connectivity index (χ1v) is 6.84. The molecule has 2 aromatic rings. The Bertz CT molecular complexity index is 645. The number of aromatic amines is 1. The van der Waals surface area contributed by atoms with Gasteiger partial charge in [-0.25, -0.2) is 4.98 Å². The van der Waals surface area contributed by atoms with E-state index in [0.717, 1.165) is 23.8 Å². The summed E-state index contributed by atoms with van der Waals surface area (Å²) in [7, 11) is 2.10. The zero-order valence-corrected chi connectivity index (χ0v) is 11.4. The number of para-hydroxylation sites is 1. The van der Waals surface area contributed by atoms with Gasteiger partial charge in [0.15, 0.2) is 0 Å². The Hall–Kier alpha value is -1.68. The largest absolute Gasteiger partial charge is 0.309 e. The van der Waals surface area contributed by atoms with Crippen LogP contribution in [0.1, 0.15) is 31.6 Å². The van der Waals surface area contributed by atoms with E-state index in [0.29, 0.717) is 5.39 Å². The van der Waals surface area contributed by atoms with Crippen molar-refractivity contribution in [3.05, 3.63) is 40.4 Å². The van der Waals surface area contributed by atoms with Crippen LogP contribution in [0.15, 0.2) is 29.1 Å². The number of nitrogens with zero attached hydrogens (tertiary/aromatic N) is 2. The van der Waals surface area contributed by atoms with Gasteiger partial charge < -0.3 is 4.98 Å². The third kappa shape index (κ3) is 2.54. The molecule has 3 rings (SSSR count). The van der Waals surface area contributed by atoms with Crippen molar-refractivity contribution in [3.8, 4) is 0 Å². The fourth-order valence-electron chi connectivity index (χ4n) is 2.38. The lowest BCUT2D eigenvalue weighted by atomic mass is 10.2. The Labute approximate surface area is 112 Å². The van der Waals surface area contributed by atoms with Gasteiger partial charge in [0.2, 0.25) is 0 Å². The van der Waals surface area contributed by atoms with Crippen molar-refractivity contribution in [1.29, 1.82) is 0 Å². The highest BCUT2D eigenvalue weighted by Gasteiger charge is 2.25. The molecule has 4 nitrogen and oxygen atoms in total. The van der Waals surface area contributed by atoms with Gasteiger partial charge >= 0.3 is 0 Å². The molecule has 0 amide bonds. The van der Waals surface area contributed by atoms with Gasteiger partial charge in [0.25, 0.3) is 5.56 Å². The number of H-pyrrole nitrogens is 1. The van der Waals surface area contributed by atoms with Crippen LogP contribution in [0.4, 0.5) is 0 Å². The molecule has 4 heteroatoms. The van der Waals surface area contributed by atoms with Crippen LogP contribution in [0.5, 0.6) is 0 Å². The molecule has 0 saturated heterocycles. The molecule has 100 valence electrons. The van der Waals surface area contributed by atoms with Crippen molar-refractivity contribution >= 4 is 10.9 Å². The number of benzene rings is 1. The molecular weight excluding hydrogens is 238 g/mol. The molecule has 1 aromatic carbocycles. The molecule has 1 aromatic heterocycles. The van der Waals surface area contributed by atoms with Gasteiger partial charge in [-0.15, -0.1) is 0 Å². The van der Waals surface area contributed by atoms with E-state index in [1.165, 1.54) is 12.8 Å². The molecule has 1 fully saturated rings. The summed E-state index contributed by atoms with van der Waals surface area (Å²) in [5.41, 5.74) is 0.722. The Kier molecular flexibility index (Phi) is 3.11. The summed E-state index contributed by atoms with van der Waals surface area (Å²) in [6, 6.07) is 7.61. The van der Waals surface area contributed by atoms with Gasteiger partial charge in [0.1, 0.15) is 5.82 Å². The lowest BCUT2D eigenvalue weighted by Gasteiger charge is -2.23. The normalized spacial score (nSPS) is 17.0. The van der Waals surface area contributed by atoms with E-state index in [-0.39, 0.29) is 11.6 Å². The Morgan fingerprint density at radius 2 is 2.16 bits per heavy atom. The molecular formula is C15H19N3O. The number of rotatable bonds is 4. The molecule has 1 saturated carbocycles. The second-order valence-corrected chi connectivity index (χ2v) is 5.53. The van der Waals surface area contributed by atoms with Crippen LogP contribution in [0.25, 0.3) is 10.9 Å². The minimum Gasteiger partial charge on any atom is -0.309 e. The van der Waals surface area contributed by atoms with Gasteiger partial charge in [-0.3, -0.25) is 9.69 Å². The fourth-order valence-corrected chi connectivity index (χ4v) is 2.38. The monoisotopic (exact) mass is 257 g/mol. The third-order valence-electron chi connectivity index (χ3n) is 3.93. The fraction of sp³-hybridized carbons (Fsp3) is 0.467. The van der Waals surface area contributed by atoms with Crippen molar-refractivity contribution in [3.63, 3.8) is 0 Å². The smallest absolute Gasteiger partial charge is 0.258 e. The van der Waals surface area contributed by atoms with Gasteiger partial charge in [0, 0.05) is 6.54 Å². The SMILES string of the molecule is C[C@H](c1nc2ccccc2c(=O)[nH]1)N(C)CC1CC1. The number of aromatic nitrogens is 2. The maximum atomic E-state index is 12.0. The summed E-state index contributed by atoms with van der Waals surface area (Å²) in [5.74, 6) is 1.59. The van der Waals surface area contributed by atoms with Crippen LogP contribution in [-0.4, -0.2) is 28.5 Å². The van der Waals surface area contributed by atoms with Crippen molar-refractivity contribution < 1.29 is 0 Å². The lowest BCUT2D eigenvalue weighted by molar-refractivity contribution is 0.242. The Morgan fingerprint density at radius 3 is 2.89 bits per heavy atom. The highest BCUT2D eigenvalue weighted by molar-refractivity contribution is 5.77. The minimum absolute atomic E-state index is 0.0488. The second-order valence-electron chi connectivity index (χ2n) is 5.53. The number of nitrogens with one attached hydrogen (secondary N) is 1.